The Labute approximate surface area is 111 Å². The number of rotatable bonds is 3. The molecule has 0 radical (unpaired) electrons. The first-order chi connectivity index (χ1) is 9.34. The van der Waals surface area contributed by atoms with E-state index in [2.05, 4.69) is 4.98 Å². The summed E-state index contributed by atoms with van der Waals surface area (Å²) in [7, 11) is 0. The molecule has 2 heterocycles. The topological polar surface area (TPSA) is 48.4 Å². The van der Waals surface area contributed by atoms with Crippen molar-refractivity contribution in [2.45, 2.75) is 6.29 Å². The van der Waals surface area contributed by atoms with Crippen molar-refractivity contribution in [1.82, 2.24) is 4.98 Å². The Hall–Kier alpha value is -2.04. The lowest BCUT2D eigenvalue weighted by Crippen LogP contribution is -2.03. The average molecular weight is 255 g/mol. The summed E-state index contributed by atoms with van der Waals surface area (Å²) in [5.74, 6) is -0.0118. The molecular weight excluding hydrogens is 242 g/mol. The molecule has 19 heavy (non-hydrogen) atoms. The molecule has 2 aromatic rings. The van der Waals surface area contributed by atoms with Gasteiger partial charge in [0.2, 0.25) is 0 Å². The van der Waals surface area contributed by atoms with Crippen LogP contribution in [0, 0.1) is 0 Å². The zero-order chi connectivity index (χ0) is 13.1. The minimum atomic E-state index is -0.301. The summed E-state index contributed by atoms with van der Waals surface area (Å²) in [5, 5.41) is 0. The summed E-state index contributed by atoms with van der Waals surface area (Å²) >= 11 is 0. The van der Waals surface area contributed by atoms with Crippen LogP contribution in [0.3, 0.4) is 0 Å². The van der Waals surface area contributed by atoms with Gasteiger partial charge in [0, 0.05) is 29.1 Å². The van der Waals surface area contributed by atoms with Crippen LogP contribution in [0.1, 0.15) is 27.8 Å². The molecule has 0 atom stereocenters. The second-order valence-corrected chi connectivity index (χ2v) is 4.26. The quantitative estimate of drug-likeness (QED) is 0.790. The van der Waals surface area contributed by atoms with Crippen LogP contribution in [0.4, 0.5) is 0 Å². The van der Waals surface area contributed by atoms with Gasteiger partial charge in [0.25, 0.3) is 0 Å². The van der Waals surface area contributed by atoms with Crippen molar-refractivity contribution in [3.05, 3.63) is 65.5 Å². The summed E-state index contributed by atoms with van der Waals surface area (Å²) in [6.45, 7) is 1.23. The highest BCUT2D eigenvalue weighted by Gasteiger charge is 2.18. The van der Waals surface area contributed by atoms with Gasteiger partial charge in [-0.1, -0.05) is 24.3 Å². The Kier molecular flexibility index (Phi) is 3.35. The molecule has 0 bridgehead atoms. The minimum absolute atomic E-state index is 0.0118. The second kappa shape index (κ2) is 5.30. The van der Waals surface area contributed by atoms with E-state index in [0.29, 0.717) is 24.3 Å². The van der Waals surface area contributed by atoms with E-state index in [1.165, 1.54) is 0 Å². The Bertz CT molecular complexity index is 560. The van der Waals surface area contributed by atoms with Crippen LogP contribution in [0.15, 0.2) is 48.8 Å². The van der Waals surface area contributed by atoms with Gasteiger partial charge < -0.3 is 9.47 Å². The number of carbonyl (C=O) groups is 1. The molecule has 1 aliphatic heterocycles. The van der Waals surface area contributed by atoms with Gasteiger partial charge in [-0.25, -0.2) is 0 Å². The van der Waals surface area contributed by atoms with Crippen molar-refractivity contribution in [2.24, 2.45) is 0 Å². The molecule has 0 aliphatic carbocycles. The van der Waals surface area contributed by atoms with Crippen LogP contribution < -0.4 is 0 Å². The van der Waals surface area contributed by atoms with Gasteiger partial charge in [-0.15, -0.1) is 0 Å². The normalized spacial score (nSPS) is 15.6. The second-order valence-electron chi connectivity index (χ2n) is 4.26. The Morgan fingerprint density at radius 3 is 2.16 bits per heavy atom. The van der Waals surface area contributed by atoms with Crippen LogP contribution >= 0.6 is 0 Å². The SMILES string of the molecule is O=C(c1ccncc1)c1ccc(C2OCCO2)cc1. The monoisotopic (exact) mass is 255 g/mol. The fourth-order valence-electron chi connectivity index (χ4n) is 2.01. The highest BCUT2D eigenvalue weighted by atomic mass is 16.7. The lowest BCUT2D eigenvalue weighted by Gasteiger charge is -2.09. The van der Waals surface area contributed by atoms with Crippen LogP contribution in [-0.4, -0.2) is 24.0 Å². The highest BCUT2D eigenvalue weighted by Crippen LogP contribution is 2.23. The zero-order valence-corrected chi connectivity index (χ0v) is 10.3. The predicted octanol–water partition coefficient (Wildman–Crippen LogP) is 2.36. The predicted molar refractivity (Wildman–Crippen MR) is 68.8 cm³/mol. The third-order valence-corrected chi connectivity index (χ3v) is 3.01. The smallest absolute Gasteiger partial charge is 0.193 e. The van der Waals surface area contributed by atoms with E-state index in [0.717, 1.165) is 5.56 Å². The van der Waals surface area contributed by atoms with Gasteiger partial charge in [-0.3, -0.25) is 9.78 Å². The lowest BCUT2D eigenvalue weighted by atomic mass is 10.0. The van der Waals surface area contributed by atoms with E-state index in [4.69, 9.17) is 9.47 Å². The van der Waals surface area contributed by atoms with Gasteiger partial charge in [-0.05, 0) is 12.1 Å². The van der Waals surface area contributed by atoms with Crippen molar-refractivity contribution in [2.75, 3.05) is 13.2 Å². The maximum atomic E-state index is 12.2. The van der Waals surface area contributed by atoms with E-state index in [9.17, 15) is 4.79 Å². The third kappa shape index (κ3) is 2.54. The molecule has 0 saturated carbocycles. The average Bonchev–Trinajstić information content (AvgIpc) is 3.02. The van der Waals surface area contributed by atoms with Crippen LogP contribution in [0.25, 0.3) is 0 Å². The number of carbonyl (C=O) groups excluding carboxylic acids is 1. The van der Waals surface area contributed by atoms with Gasteiger partial charge >= 0.3 is 0 Å². The molecule has 1 aromatic carbocycles. The van der Waals surface area contributed by atoms with Gasteiger partial charge in [-0.2, -0.15) is 0 Å². The number of nitrogens with zero attached hydrogens (tertiary/aromatic N) is 1. The van der Waals surface area contributed by atoms with Gasteiger partial charge in [0.05, 0.1) is 13.2 Å². The standard InChI is InChI=1S/C15H13NO3/c17-14(12-5-7-16-8-6-12)11-1-3-13(4-2-11)15-18-9-10-19-15/h1-8,15H,9-10H2. The number of hydrogen-bond acceptors (Lipinski definition) is 4. The summed E-state index contributed by atoms with van der Waals surface area (Å²) in [4.78, 5) is 16.1. The molecule has 96 valence electrons. The van der Waals surface area contributed by atoms with Crippen molar-refractivity contribution in [3.63, 3.8) is 0 Å². The maximum Gasteiger partial charge on any atom is 0.193 e. The number of pyridine rings is 1. The fourth-order valence-corrected chi connectivity index (χ4v) is 2.01. The fraction of sp³-hybridized carbons (Fsp3) is 0.200. The number of hydrogen-bond donors (Lipinski definition) is 0. The van der Waals surface area contributed by atoms with Crippen LogP contribution in [0.2, 0.25) is 0 Å². The molecule has 0 N–H and O–H groups in total. The Morgan fingerprint density at radius 1 is 0.947 bits per heavy atom. The summed E-state index contributed by atoms with van der Waals surface area (Å²) in [5.41, 5.74) is 2.22. The van der Waals surface area contributed by atoms with Gasteiger partial charge in [0.15, 0.2) is 12.1 Å². The molecule has 4 heteroatoms. The Balaban J connectivity index is 1.80. The lowest BCUT2D eigenvalue weighted by molar-refractivity contribution is -0.0441. The molecule has 1 fully saturated rings. The molecule has 0 spiro atoms. The van der Waals surface area contributed by atoms with E-state index in [1.54, 1.807) is 36.7 Å². The summed E-state index contributed by atoms with van der Waals surface area (Å²) in [6, 6.07) is 10.7. The number of ether oxygens (including phenoxy) is 2. The van der Waals surface area contributed by atoms with E-state index in [-0.39, 0.29) is 12.1 Å². The first-order valence-electron chi connectivity index (χ1n) is 6.12. The minimum Gasteiger partial charge on any atom is -0.346 e. The molecule has 1 aromatic heterocycles. The van der Waals surface area contributed by atoms with Crippen molar-refractivity contribution >= 4 is 5.78 Å². The van der Waals surface area contributed by atoms with Crippen LogP contribution in [-0.2, 0) is 9.47 Å². The number of aromatic nitrogens is 1. The highest BCUT2D eigenvalue weighted by molar-refractivity contribution is 6.08. The number of ketones is 1. The van der Waals surface area contributed by atoms with E-state index < -0.39 is 0 Å². The maximum absolute atomic E-state index is 12.2. The first kappa shape index (κ1) is 12.0. The zero-order valence-electron chi connectivity index (χ0n) is 10.3. The molecule has 1 aliphatic rings. The largest absolute Gasteiger partial charge is 0.346 e. The first-order valence-corrected chi connectivity index (χ1v) is 6.12. The molecule has 1 saturated heterocycles. The van der Waals surface area contributed by atoms with E-state index >= 15 is 0 Å². The summed E-state index contributed by atoms with van der Waals surface area (Å²) < 4.78 is 10.8. The van der Waals surface area contributed by atoms with Gasteiger partial charge in [0.1, 0.15) is 0 Å². The Morgan fingerprint density at radius 2 is 1.53 bits per heavy atom. The molecule has 3 rings (SSSR count). The number of benzene rings is 1. The molecule has 0 amide bonds. The van der Waals surface area contributed by atoms with Crippen molar-refractivity contribution in [1.29, 1.82) is 0 Å². The van der Waals surface area contributed by atoms with E-state index in [1.807, 2.05) is 12.1 Å². The van der Waals surface area contributed by atoms with Crippen molar-refractivity contribution in [3.8, 4) is 0 Å². The van der Waals surface area contributed by atoms with Crippen molar-refractivity contribution < 1.29 is 14.3 Å². The van der Waals surface area contributed by atoms with Crippen LogP contribution in [0.5, 0.6) is 0 Å². The third-order valence-electron chi connectivity index (χ3n) is 3.01. The molecular formula is C15H13NO3. The summed E-state index contributed by atoms with van der Waals surface area (Å²) in [6.07, 6.45) is 2.92. The molecule has 0 unspecified atom stereocenters. The molecule has 4 nitrogen and oxygen atoms in total.